The Bertz CT molecular complexity index is 2980. The quantitative estimate of drug-likeness (QED) is 0.0338. The average Bonchev–Trinajstić information content (AvgIpc) is 4.08. The first-order valence-electron chi connectivity index (χ1n) is 28.0. The Morgan fingerprint density at radius 3 is 1.48 bits per heavy atom. The summed E-state index contributed by atoms with van der Waals surface area (Å²) in [4.78, 5) is 46.0. The van der Waals surface area contributed by atoms with Crippen molar-refractivity contribution in [1.82, 2.24) is 24.6 Å². The van der Waals surface area contributed by atoms with Gasteiger partial charge in [0.15, 0.2) is 23.0 Å². The Hall–Kier alpha value is -7.76. The van der Waals surface area contributed by atoms with Gasteiger partial charge in [0, 0.05) is 118 Å². The Morgan fingerprint density at radius 2 is 1.04 bits per heavy atom. The van der Waals surface area contributed by atoms with Gasteiger partial charge in [0.25, 0.3) is 11.8 Å². The van der Waals surface area contributed by atoms with Crippen molar-refractivity contribution < 1.29 is 38.5 Å². The maximum Gasteiger partial charge on any atom is 0.313 e. The summed E-state index contributed by atoms with van der Waals surface area (Å²) < 4.78 is 23.3. The van der Waals surface area contributed by atoms with E-state index in [2.05, 4.69) is 67.3 Å². The third-order valence-electron chi connectivity index (χ3n) is 16.0. The second-order valence-electron chi connectivity index (χ2n) is 20.4. The number of carbonyl (C=O) groups excluding carboxylic acids is 2. The van der Waals surface area contributed by atoms with Crippen LogP contribution >= 0.6 is 0 Å². The molecule has 0 saturated carbocycles. The van der Waals surface area contributed by atoms with Gasteiger partial charge < -0.3 is 58.9 Å². The lowest BCUT2D eigenvalue weighted by Gasteiger charge is -2.36. The molecule has 0 unspecified atom stereocenters. The molecule has 2 saturated heterocycles. The van der Waals surface area contributed by atoms with Crippen molar-refractivity contribution in [1.29, 1.82) is 0 Å². The van der Waals surface area contributed by atoms with E-state index in [-0.39, 0.29) is 23.9 Å². The van der Waals surface area contributed by atoms with E-state index in [9.17, 15) is 14.8 Å². The highest BCUT2D eigenvalue weighted by Crippen LogP contribution is 2.43. The molecule has 2 amide bonds. The number of likely N-dealkylation sites (N-methyl/N-ethyl adjacent to an activating group) is 2. The van der Waals surface area contributed by atoms with Crippen LogP contribution in [-0.4, -0.2) is 149 Å². The maximum absolute atomic E-state index is 13.9. The molecule has 2 atom stereocenters. The van der Waals surface area contributed by atoms with Crippen LogP contribution in [0.3, 0.4) is 0 Å². The van der Waals surface area contributed by atoms with Gasteiger partial charge in [-0.1, -0.05) is 55.0 Å². The van der Waals surface area contributed by atoms with E-state index in [1.54, 1.807) is 46.9 Å². The minimum atomic E-state index is -0.150. The van der Waals surface area contributed by atoms with Gasteiger partial charge in [-0.2, -0.15) is 0 Å². The first kappa shape index (κ1) is 56.0. The first-order chi connectivity index (χ1) is 38.7. The van der Waals surface area contributed by atoms with Crippen LogP contribution in [0.25, 0.3) is 0 Å². The SMILES string of the molecule is CCN1CCN(c2cccc3c2CN([C@H](CCCNc2cccc[n+]2O)c2ccc(OC)c(OC)c2)C3=O)CC1.CCN1CCN(c2cccc3c2CN([C@H](CCCNc2ccccn2)c2ccc(OC)c(OC)c2)C3=O)CC1. The smallest absolute Gasteiger partial charge is 0.313 e. The summed E-state index contributed by atoms with van der Waals surface area (Å²) in [5.74, 6) is 4.30. The molecule has 3 N–H and O–H groups in total. The minimum absolute atomic E-state index is 0.0630. The van der Waals surface area contributed by atoms with Gasteiger partial charge in [0.1, 0.15) is 12.0 Å². The highest BCUT2D eigenvalue weighted by Gasteiger charge is 2.38. The first-order valence-corrected chi connectivity index (χ1v) is 28.0. The van der Waals surface area contributed by atoms with Crippen molar-refractivity contribution in [2.45, 2.75) is 64.7 Å². The largest absolute Gasteiger partial charge is 0.493 e. The molecule has 418 valence electrons. The summed E-state index contributed by atoms with van der Waals surface area (Å²) in [7, 11) is 6.54. The number of piperazine rings is 2. The fraction of sp³-hybridized carbons (Fsp3) is 0.419. The maximum atomic E-state index is 13.9. The monoisotopic (exact) mass is 1080 g/mol. The summed E-state index contributed by atoms with van der Waals surface area (Å²) in [5, 5.41) is 16.7. The lowest BCUT2D eigenvalue weighted by atomic mass is 9.99. The number of carbonyl (C=O) groups is 2. The lowest BCUT2D eigenvalue weighted by Crippen LogP contribution is -2.46. The topological polar surface area (TPSA) is 152 Å². The predicted molar refractivity (Wildman–Crippen MR) is 309 cm³/mol. The molecule has 0 radical (unpaired) electrons. The van der Waals surface area contributed by atoms with Gasteiger partial charge in [0.2, 0.25) is 0 Å². The van der Waals surface area contributed by atoms with Gasteiger partial charge in [0.05, 0.1) is 47.1 Å². The molecule has 0 aliphatic carbocycles. The number of benzene rings is 4. The number of rotatable bonds is 22. The van der Waals surface area contributed by atoms with E-state index < -0.39 is 0 Å². The van der Waals surface area contributed by atoms with Crippen LogP contribution in [-0.2, 0) is 13.1 Å². The molecular weight excluding hydrogens is 997 g/mol. The third-order valence-corrected chi connectivity index (χ3v) is 16.0. The van der Waals surface area contributed by atoms with Crippen LogP contribution in [0.4, 0.5) is 23.0 Å². The summed E-state index contributed by atoms with van der Waals surface area (Å²) in [6, 6.07) is 35.3. The molecular formula is C62H79N10O7+. The zero-order chi connectivity index (χ0) is 55.3. The highest BCUT2D eigenvalue weighted by molar-refractivity contribution is 6.01. The average molecular weight is 1080 g/mol. The third kappa shape index (κ3) is 12.9. The van der Waals surface area contributed by atoms with E-state index in [0.29, 0.717) is 48.5 Å². The number of anilines is 4. The number of methoxy groups -OCH3 is 4. The Labute approximate surface area is 466 Å². The summed E-state index contributed by atoms with van der Waals surface area (Å²) >= 11 is 0. The fourth-order valence-corrected chi connectivity index (χ4v) is 11.6. The van der Waals surface area contributed by atoms with E-state index in [1.807, 2.05) is 94.7 Å². The molecule has 0 bridgehead atoms. The molecule has 4 aliphatic heterocycles. The molecule has 2 aromatic heterocycles. The van der Waals surface area contributed by atoms with E-state index in [1.165, 1.54) is 11.4 Å². The second kappa shape index (κ2) is 26.7. The predicted octanol–water partition coefficient (Wildman–Crippen LogP) is 8.79. The molecule has 6 heterocycles. The van der Waals surface area contributed by atoms with E-state index in [4.69, 9.17) is 18.9 Å². The number of nitrogens with one attached hydrogen (secondary N) is 2. The van der Waals surface area contributed by atoms with Crippen molar-refractivity contribution in [2.24, 2.45) is 0 Å². The molecule has 6 aromatic rings. The zero-order valence-electron chi connectivity index (χ0n) is 46.9. The molecule has 2 fully saturated rings. The number of hydrogen-bond acceptors (Lipinski definition) is 14. The second-order valence-corrected chi connectivity index (χ2v) is 20.4. The molecule has 10 rings (SSSR count). The zero-order valence-corrected chi connectivity index (χ0v) is 46.9. The van der Waals surface area contributed by atoms with Crippen molar-refractivity contribution in [3.8, 4) is 23.0 Å². The summed E-state index contributed by atoms with van der Waals surface area (Å²) in [6.45, 7) is 17.2. The number of fused-ring (bicyclic) bond motifs is 2. The highest BCUT2D eigenvalue weighted by atomic mass is 16.5. The molecule has 79 heavy (non-hydrogen) atoms. The number of nitrogens with zero attached hydrogens (tertiary/aromatic N) is 8. The molecule has 17 heteroatoms. The molecule has 0 spiro atoms. The number of pyridine rings is 2. The fourth-order valence-electron chi connectivity index (χ4n) is 11.6. The Kier molecular flexibility index (Phi) is 18.9. The van der Waals surface area contributed by atoms with Gasteiger partial charge in [-0.05, 0) is 117 Å². The van der Waals surface area contributed by atoms with E-state index in [0.717, 1.165) is 142 Å². The Morgan fingerprint density at radius 1 is 0.557 bits per heavy atom. The molecule has 4 aromatic carbocycles. The van der Waals surface area contributed by atoms with Crippen LogP contribution in [0, 0.1) is 0 Å². The van der Waals surface area contributed by atoms with Crippen molar-refractivity contribution in [2.75, 3.05) is 127 Å². The van der Waals surface area contributed by atoms with Crippen molar-refractivity contribution in [3.63, 3.8) is 0 Å². The molecule has 4 aliphatic rings. The summed E-state index contributed by atoms with van der Waals surface area (Å²) in [5.41, 5.74) is 8.30. The van der Waals surface area contributed by atoms with Crippen LogP contribution in [0.5, 0.6) is 23.0 Å². The molecule has 17 nitrogen and oxygen atoms in total. The van der Waals surface area contributed by atoms with Crippen molar-refractivity contribution >= 4 is 34.8 Å². The van der Waals surface area contributed by atoms with Gasteiger partial charge in [-0.3, -0.25) is 14.9 Å². The number of ether oxygens (including phenoxy) is 4. The number of amides is 2. The summed E-state index contributed by atoms with van der Waals surface area (Å²) in [6.07, 6.45) is 6.59. The van der Waals surface area contributed by atoms with Crippen LogP contribution in [0.2, 0.25) is 0 Å². The van der Waals surface area contributed by atoms with Gasteiger partial charge in [-0.25, -0.2) is 4.98 Å². The van der Waals surface area contributed by atoms with Gasteiger partial charge >= 0.3 is 5.82 Å². The normalized spacial score (nSPS) is 16.2. The van der Waals surface area contributed by atoms with E-state index >= 15 is 0 Å². The number of aromatic nitrogens is 2. The minimum Gasteiger partial charge on any atom is -0.493 e. The van der Waals surface area contributed by atoms with Crippen LogP contribution < -0.4 is 44.1 Å². The standard InChI is InChI=1S/C31H39N5O4.C31H39N5O3/c1-4-33-17-19-34(20-18-33)27-10-7-9-24-25(27)22-35(31(24)37)26(23-13-14-28(39-2)29(21-23)40-3)11-8-15-32-30-12-5-6-16-36(30)38;1-4-34-17-19-35(20-18-34)27-10-7-9-24-25(27)22-36(31(24)37)26(11-8-16-33-30-12-5-6-15-32-30)23-13-14-28(38-2)29(21-23)39-3/h5-7,9-10,12-14,16,21,26,38H,4,8,11,15,17-20,22H2,1-3H3;5-7,9-10,12-15,21,26H,4,8,11,16-20,22H2,1-3H3,(H,32,33)/p+1/t2*26-/m11/s1. The van der Waals surface area contributed by atoms with Crippen LogP contribution in [0.1, 0.15) is 94.6 Å². The number of hydrogen-bond donors (Lipinski definition) is 3. The van der Waals surface area contributed by atoms with Gasteiger partial charge in [-0.15, -0.1) is 0 Å². The lowest BCUT2D eigenvalue weighted by molar-refractivity contribution is -0.893. The Balaban J connectivity index is 0.000000192. The van der Waals surface area contributed by atoms with Crippen LogP contribution in [0.15, 0.2) is 122 Å². The van der Waals surface area contributed by atoms with Crippen molar-refractivity contribution in [3.05, 3.63) is 155 Å².